The number of anilines is 1. The van der Waals surface area contributed by atoms with Gasteiger partial charge in [0.1, 0.15) is 11.2 Å². The predicted octanol–water partition coefficient (Wildman–Crippen LogP) is 3.80. The molecule has 124 valence electrons. The average Bonchev–Trinajstić information content (AvgIpc) is 2.91. The molecule has 1 unspecified atom stereocenters. The first-order valence-corrected chi connectivity index (χ1v) is 8.86. The quantitative estimate of drug-likeness (QED) is 0.813. The number of para-hydroxylation sites is 1. The van der Waals surface area contributed by atoms with E-state index in [1.165, 1.54) is 11.8 Å². The highest BCUT2D eigenvalue weighted by Gasteiger charge is 2.36. The maximum Gasteiger partial charge on any atom is 0.266 e. The Balaban J connectivity index is 1.90. The third-order valence-corrected chi connectivity index (χ3v) is 4.84. The van der Waals surface area contributed by atoms with Crippen LogP contribution in [0.15, 0.2) is 59.5 Å². The normalized spacial score (nSPS) is 19.2. The lowest BCUT2D eigenvalue weighted by Gasteiger charge is -2.24. The number of aromatic hydroxyl groups is 1. The van der Waals surface area contributed by atoms with E-state index in [0.717, 1.165) is 24.2 Å². The van der Waals surface area contributed by atoms with Gasteiger partial charge in [0.25, 0.3) is 5.91 Å². The summed E-state index contributed by atoms with van der Waals surface area (Å²) in [5, 5.41) is 12.8. The summed E-state index contributed by atoms with van der Waals surface area (Å²) in [6, 6.07) is 16.6. The molecule has 5 heteroatoms. The number of hydrogen-bond acceptors (Lipinski definition) is 4. The van der Waals surface area contributed by atoms with Crippen LogP contribution in [0.2, 0.25) is 0 Å². The molecule has 0 aliphatic carbocycles. The van der Waals surface area contributed by atoms with Gasteiger partial charge in [-0.15, -0.1) is 0 Å². The van der Waals surface area contributed by atoms with E-state index in [0.29, 0.717) is 4.91 Å². The molecule has 2 aromatic carbocycles. The molecular formula is C19H20N2O2S. The van der Waals surface area contributed by atoms with Crippen LogP contribution < -0.4 is 10.2 Å². The maximum absolute atomic E-state index is 12.9. The molecule has 4 nitrogen and oxygen atoms in total. The van der Waals surface area contributed by atoms with Crippen molar-refractivity contribution in [2.75, 3.05) is 11.4 Å². The number of carbonyl (C=O) groups is 1. The Bertz CT molecular complexity index is 729. The number of nitrogens with zero attached hydrogens (tertiary/aromatic N) is 1. The number of nitrogens with one attached hydrogen (secondary N) is 1. The van der Waals surface area contributed by atoms with Crippen LogP contribution in [0.3, 0.4) is 0 Å². The molecule has 1 amide bonds. The van der Waals surface area contributed by atoms with E-state index < -0.39 is 0 Å². The number of thioether (sulfide) groups is 1. The molecular weight excluding hydrogens is 320 g/mol. The van der Waals surface area contributed by atoms with Gasteiger partial charge in [-0.1, -0.05) is 49.0 Å². The van der Waals surface area contributed by atoms with E-state index in [1.54, 1.807) is 29.2 Å². The van der Waals surface area contributed by atoms with Crippen LogP contribution >= 0.6 is 11.8 Å². The predicted molar refractivity (Wildman–Crippen MR) is 99.7 cm³/mol. The van der Waals surface area contributed by atoms with Crippen LogP contribution in [0.5, 0.6) is 5.75 Å². The van der Waals surface area contributed by atoms with Crippen LogP contribution in [0, 0.1) is 0 Å². The van der Waals surface area contributed by atoms with Gasteiger partial charge in [0.15, 0.2) is 0 Å². The smallest absolute Gasteiger partial charge is 0.266 e. The lowest BCUT2D eigenvalue weighted by molar-refractivity contribution is -0.114. The minimum atomic E-state index is -0.108. The van der Waals surface area contributed by atoms with Gasteiger partial charge < -0.3 is 5.11 Å². The number of carbonyl (C=O) groups excluding carboxylic acids is 1. The van der Waals surface area contributed by atoms with Crippen molar-refractivity contribution < 1.29 is 9.90 Å². The third-order valence-electron chi connectivity index (χ3n) is 3.70. The largest absolute Gasteiger partial charge is 0.508 e. The van der Waals surface area contributed by atoms with Crippen LogP contribution in [0.1, 0.15) is 18.9 Å². The number of phenolic OH excluding ortho intramolecular Hbond substituents is 1. The molecule has 3 rings (SSSR count). The first kappa shape index (κ1) is 16.6. The lowest BCUT2D eigenvalue weighted by atomic mass is 10.2. The van der Waals surface area contributed by atoms with Crippen molar-refractivity contribution in [2.45, 2.75) is 18.8 Å². The fraction of sp³-hybridized carbons (Fsp3) is 0.211. The van der Waals surface area contributed by atoms with Gasteiger partial charge in [0.2, 0.25) is 0 Å². The Hall–Kier alpha value is -2.24. The average molecular weight is 340 g/mol. The minimum absolute atomic E-state index is 0.00659. The first-order chi connectivity index (χ1) is 11.7. The van der Waals surface area contributed by atoms with Crippen LogP contribution in [0.25, 0.3) is 6.08 Å². The van der Waals surface area contributed by atoms with Crippen LogP contribution in [-0.4, -0.2) is 23.1 Å². The van der Waals surface area contributed by atoms with Gasteiger partial charge in [-0.25, -0.2) is 0 Å². The zero-order valence-corrected chi connectivity index (χ0v) is 14.3. The van der Waals surface area contributed by atoms with Gasteiger partial charge in [-0.3, -0.25) is 15.0 Å². The zero-order valence-electron chi connectivity index (χ0n) is 13.5. The van der Waals surface area contributed by atoms with Gasteiger partial charge in [-0.2, -0.15) is 0 Å². The lowest BCUT2D eigenvalue weighted by Crippen LogP contribution is -2.42. The maximum atomic E-state index is 12.9. The summed E-state index contributed by atoms with van der Waals surface area (Å²) in [5.74, 6) is 0.212. The highest BCUT2D eigenvalue weighted by molar-refractivity contribution is 8.05. The van der Waals surface area contributed by atoms with E-state index in [-0.39, 0.29) is 17.2 Å². The van der Waals surface area contributed by atoms with Crippen molar-refractivity contribution in [2.24, 2.45) is 0 Å². The summed E-state index contributed by atoms with van der Waals surface area (Å²) in [4.78, 5) is 15.4. The van der Waals surface area contributed by atoms with Gasteiger partial charge in [0, 0.05) is 5.69 Å². The van der Waals surface area contributed by atoms with Gasteiger partial charge in [-0.05, 0) is 48.9 Å². The number of amides is 1. The summed E-state index contributed by atoms with van der Waals surface area (Å²) in [5.41, 5.74) is 1.67. The van der Waals surface area contributed by atoms with Crippen molar-refractivity contribution in [3.8, 4) is 5.75 Å². The SMILES string of the molecule is CCCNC1SC(=Cc2ccc(O)cc2)C(=O)N1c1ccccc1. The Morgan fingerprint density at radius 3 is 2.54 bits per heavy atom. The number of benzene rings is 2. The van der Waals surface area contributed by atoms with Crippen molar-refractivity contribution >= 4 is 29.4 Å². The Kier molecular flexibility index (Phi) is 5.23. The monoisotopic (exact) mass is 340 g/mol. The Morgan fingerprint density at radius 1 is 1.17 bits per heavy atom. The molecule has 1 saturated heterocycles. The summed E-state index contributed by atoms with van der Waals surface area (Å²) >= 11 is 1.52. The molecule has 1 fully saturated rings. The molecule has 0 radical (unpaired) electrons. The van der Waals surface area contributed by atoms with Gasteiger partial charge >= 0.3 is 0 Å². The molecule has 0 spiro atoms. The molecule has 24 heavy (non-hydrogen) atoms. The third kappa shape index (κ3) is 3.63. The number of phenols is 1. The molecule has 1 aliphatic heterocycles. The van der Waals surface area contributed by atoms with E-state index in [1.807, 2.05) is 36.4 Å². The first-order valence-electron chi connectivity index (χ1n) is 7.98. The van der Waals surface area contributed by atoms with Crippen molar-refractivity contribution in [3.63, 3.8) is 0 Å². The summed E-state index contributed by atoms with van der Waals surface area (Å²) in [7, 11) is 0. The molecule has 0 saturated carbocycles. The van der Waals surface area contributed by atoms with Crippen molar-refractivity contribution in [1.82, 2.24) is 5.32 Å². The minimum Gasteiger partial charge on any atom is -0.508 e. The summed E-state index contributed by atoms with van der Waals surface area (Å²) in [6.45, 7) is 2.95. The highest BCUT2D eigenvalue weighted by atomic mass is 32.2. The van der Waals surface area contributed by atoms with Crippen molar-refractivity contribution in [3.05, 3.63) is 65.1 Å². The fourth-order valence-electron chi connectivity index (χ4n) is 2.51. The molecule has 0 bridgehead atoms. The summed E-state index contributed by atoms with van der Waals surface area (Å²) in [6.07, 6.45) is 2.88. The second-order valence-corrected chi connectivity index (χ2v) is 6.66. The van der Waals surface area contributed by atoms with Crippen molar-refractivity contribution in [1.29, 1.82) is 0 Å². The van der Waals surface area contributed by atoms with Gasteiger partial charge in [0.05, 0.1) is 4.91 Å². The molecule has 2 aromatic rings. The molecule has 1 heterocycles. The molecule has 1 aliphatic rings. The van der Waals surface area contributed by atoms with E-state index in [2.05, 4.69) is 12.2 Å². The molecule has 2 N–H and O–H groups in total. The molecule has 0 aromatic heterocycles. The zero-order chi connectivity index (χ0) is 16.9. The highest BCUT2D eigenvalue weighted by Crippen LogP contribution is 2.38. The standard InChI is InChI=1S/C19H20N2O2S/c1-2-12-20-19-21(15-6-4-3-5-7-15)18(23)17(24-19)13-14-8-10-16(22)11-9-14/h3-11,13,19-20,22H,2,12H2,1H3. The second kappa shape index (κ2) is 7.55. The number of hydrogen-bond donors (Lipinski definition) is 2. The molecule has 1 atom stereocenters. The fourth-order valence-corrected chi connectivity index (χ4v) is 3.68. The Morgan fingerprint density at radius 2 is 1.88 bits per heavy atom. The number of rotatable bonds is 5. The van der Waals surface area contributed by atoms with E-state index >= 15 is 0 Å². The summed E-state index contributed by atoms with van der Waals surface area (Å²) < 4.78 is 0. The van der Waals surface area contributed by atoms with E-state index in [9.17, 15) is 9.90 Å². The van der Waals surface area contributed by atoms with E-state index in [4.69, 9.17) is 0 Å². The topological polar surface area (TPSA) is 52.6 Å². The Labute approximate surface area is 146 Å². The second-order valence-electron chi connectivity index (χ2n) is 5.54. The van der Waals surface area contributed by atoms with Crippen LogP contribution in [0.4, 0.5) is 5.69 Å². The van der Waals surface area contributed by atoms with Crippen LogP contribution in [-0.2, 0) is 4.79 Å².